The first-order chi connectivity index (χ1) is 4.54. The van der Waals surface area contributed by atoms with Crippen molar-refractivity contribution in [2.24, 2.45) is 10.7 Å². The highest BCUT2D eigenvalue weighted by molar-refractivity contribution is 5.78. The molecule has 0 fully saturated rings. The molecule has 0 aromatic rings. The number of carbonyl (C=O) groups is 1. The van der Waals surface area contributed by atoms with Gasteiger partial charge in [0.05, 0.1) is 0 Å². The molecular weight excluding hydrogens is 134 g/mol. The Labute approximate surface area is 59.1 Å². The molecule has 0 radical (unpaired) electrons. The van der Waals surface area contributed by atoms with Gasteiger partial charge in [-0.15, -0.1) is 0 Å². The maximum Gasteiger partial charge on any atom is 0.303 e. The maximum atomic E-state index is 9.37. The fourth-order valence-corrected chi connectivity index (χ4v) is 0. The third-order valence-corrected chi connectivity index (χ3v) is 0.473. The van der Waals surface area contributed by atoms with Gasteiger partial charge in [-0.05, 0) is 6.72 Å². The molecule has 0 atom stereocenters. The molecule has 5 heteroatoms. The van der Waals surface area contributed by atoms with Crippen molar-refractivity contribution in [2.45, 2.75) is 13.3 Å². The van der Waals surface area contributed by atoms with Crippen LogP contribution in [0.5, 0.6) is 0 Å². The monoisotopic (exact) mass is 145 g/mol. The molecule has 5 nitrogen and oxygen atoms in total. The number of rotatable bonds is 1. The Morgan fingerprint density at radius 3 is 2.10 bits per heavy atom. The lowest BCUT2D eigenvalue weighted by atomic mass is 10.5. The van der Waals surface area contributed by atoms with Crippen LogP contribution in [-0.4, -0.2) is 23.8 Å². The molecule has 4 N–H and O–H groups in total. The van der Waals surface area contributed by atoms with Gasteiger partial charge in [0.15, 0.2) is 0 Å². The summed E-state index contributed by atoms with van der Waals surface area (Å²) in [5, 5.41) is 14.0. The summed E-state index contributed by atoms with van der Waals surface area (Å²) in [6.45, 7) is 4.56. The first-order valence-corrected chi connectivity index (χ1v) is 2.57. The van der Waals surface area contributed by atoms with Crippen molar-refractivity contribution in [3.05, 3.63) is 0 Å². The zero-order chi connectivity index (χ0) is 8.57. The van der Waals surface area contributed by atoms with Gasteiger partial charge < -0.3 is 10.8 Å². The van der Waals surface area contributed by atoms with Gasteiger partial charge in [0.25, 0.3) is 0 Å². The highest BCUT2D eigenvalue weighted by Crippen LogP contribution is 1.67. The van der Waals surface area contributed by atoms with Crippen molar-refractivity contribution in [1.29, 1.82) is 5.41 Å². The van der Waals surface area contributed by atoms with Gasteiger partial charge in [0, 0.05) is 6.42 Å². The Morgan fingerprint density at radius 1 is 1.90 bits per heavy atom. The molecule has 0 aromatic heterocycles. The summed E-state index contributed by atoms with van der Waals surface area (Å²) in [6, 6.07) is 0. The van der Waals surface area contributed by atoms with E-state index in [1.807, 2.05) is 0 Å². The number of nitrogens with one attached hydrogen (secondary N) is 1. The lowest BCUT2D eigenvalue weighted by Crippen LogP contribution is -2.03. The summed E-state index contributed by atoms with van der Waals surface area (Å²) >= 11 is 0. The number of carboxylic acid groups (broad SMARTS) is 1. The largest absolute Gasteiger partial charge is 0.481 e. The Balaban J connectivity index is 0. The minimum absolute atomic E-state index is 0.222. The van der Waals surface area contributed by atoms with E-state index in [-0.39, 0.29) is 12.4 Å². The Bertz CT molecular complexity index is 133. The first-order valence-electron chi connectivity index (χ1n) is 2.57. The number of aliphatic carboxylic acids is 1. The molecule has 10 heavy (non-hydrogen) atoms. The number of carboxylic acids is 1. The van der Waals surface area contributed by atoms with Crippen molar-refractivity contribution in [2.75, 3.05) is 0 Å². The van der Waals surface area contributed by atoms with Gasteiger partial charge in [-0.25, -0.2) is 4.99 Å². The second-order valence-electron chi connectivity index (χ2n) is 1.29. The molecule has 58 valence electrons. The third-order valence-electron chi connectivity index (χ3n) is 0.473. The number of guanidine groups is 1. The predicted octanol–water partition coefficient (Wildman–Crippen LogP) is 0.0615. The molecule has 0 bridgehead atoms. The molecule has 0 spiro atoms. The third kappa shape index (κ3) is 30.5. The fourth-order valence-electron chi connectivity index (χ4n) is 0. The predicted molar refractivity (Wildman–Crippen MR) is 39.4 cm³/mol. The van der Waals surface area contributed by atoms with E-state index in [1.54, 1.807) is 6.92 Å². The maximum absolute atomic E-state index is 9.37. The van der Waals surface area contributed by atoms with Crippen LogP contribution < -0.4 is 5.73 Å². The van der Waals surface area contributed by atoms with Crippen molar-refractivity contribution >= 4 is 18.6 Å². The van der Waals surface area contributed by atoms with E-state index < -0.39 is 5.97 Å². The lowest BCUT2D eigenvalue weighted by Gasteiger charge is -1.71. The molecule has 0 aliphatic heterocycles. The molecular formula is C5H11N3O2. The molecule has 0 unspecified atom stereocenters. The van der Waals surface area contributed by atoms with Gasteiger partial charge in [-0.2, -0.15) is 0 Å². The highest BCUT2D eigenvalue weighted by Gasteiger charge is 1.80. The van der Waals surface area contributed by atoms with Crippen LogP contribution >= 0.6 is 0 Å². The number of nitrogens with two attached hydrogens (primary N) is 1. The Morgan fingerprint density at radius 2 is 2.10 bits per heavy atom. The normalized spacial score (nSPS) is 6.90. The van der Waals surface area contributed by atoms with Crippen molar-refractivity contribution in [3.63, 3.8) is 0 Å². The topological polar surface area (TPSA) is 99.5 Å². The summed E-state index contributed by atoms with van der Waals surface area (Å²) in [4.78, 5) is 12.4. The van der Waals surface area contributed by atoms with E-state index in [2.05, 4.69) is 17.4 Å². The molecule has 0 saturated heterocycles. The van der Waals surface area contributed by atoms with Gasteiger partial charge in [0.1, 0.15) is 0 Å². The second-order valence-corrected chi connectivity index (χ2v) is 1.29. The number of nitrogens with zero attached hydrogens (tertiary/aromatic N) is 1. The SMILES string of the molecule is C=NC(=N)N.CCC(=O)O. The van der Waals surface area contributed by atoms with Gasteiger partial charge in [-0.3, -0.25) is 10.2 Å². The van der Waals surface area contributed by atoms with Gasteiger partial charge in [0.2, 0.25) is 5.96 Å². The van der Waals surface area contributed by atoms with Crippen molar-refractivity contribution in [1.82, 2.24) is 0 Å². The minimum atomic E-state index is -0.745. The molecule has 0 amide bonds. The van der Waals surface area contributed by atoms with E-state index >= 15 is 0 Å². The van der Waals surface area contributed by atoms with Crippen molar-refractivity contribution < 1.29 is 9.90 Å². The molecule has 0 aliphatic carbocycles. The summed E-state index contributed by atoms with van der Waals surface area (Å²) in [5.41, 5.74) is 4.65. The first kappa shape index (κ1) is 11.4. The van der Waals surface area contributed by atoms with Crippen LogP contribution in [0.1, 0.15) is 13.3 Å². The van der Waals surface area contributed by atoms with Gasteiger partial charge >= 0.3 is 5.97 Å². The fraction of sp³-hybridized carbons (Fsp3) is 0.400. The van der Waals surface area contributed by atoms with Crippen LogP contribution in [0.25, 0.3) is 0 Å². The van der Waals surface area contributed by atoms with E-state index in [0.29, 0.717) is 0 Å². The van der Waals surface area contributed by atoms with Crippen LogP contribution in [0.4, 0.5) is 0 Å². The summed E-state index contributed by atoms with van der Waals surface area (Å²) < 4.78 is 0. The smallest absolute Gasteiger partial charge is 0.303 e. The molecule has 0 heterocycles. The average Bonchev–Trinajstić information content (AvgIpc) is 1.89. The van der Waals surface area contributed by atoms with E-state index in [4.69, 9.17) is 10.5 Å². The van der Waals surface area contributed by atoms with Crippen LogP contribution in [0, 0.1) is 5.41 Å². The number of hydrogen-bond acceptors (Lipinski definition) is 2. The van der Waals surface area contributed by atoms with E-state index in [1.165, 1.54) is 0 Å². The van der Waals surface area contributed by atoms with Crippen LogP contribution in [-0.2, 0) is 4.79 Å². The summed E-state index contributed by atoms with van der Waals surface area (Å²) in [6.07, 6.45) is 0.222. The number of aliphatic imine (C=N–C) groups is 1. The molecule has 0 rings (SSSR count). The summed E-state index contributed by atoms with van der Waals surface area (Å²) in [7, 11) is 0. The average molecular weight is 145 g/mol. The Hall–Kier alpha value is -1.39. The standard InChI is InChI=1S/C3H6O2.C2H5N3/c1-2-3(4)5;1-5-2(3)4/h2H2,1H3,(H,4,5);1H2,(H3,3,4). The van der Waals surface area contributed by atoms with Crippen LogP contribution in [0.15, 0.2) is 4.99 Å². The van der Waals surface area contributed by atoms with E-state index in [0.717, 1.165) is 0 Å². The second kappa shape index (κ2) is 7.61. The van der Waals surface area contributed by atoms with Gasteiger partial charge in [-0.1, -0.05) is 6.92 Å². The summed E-state index contributed by atoms with van der Waals surface area (Å²) in [5.74, 6) is -0.977. The molecule has 0 aliphatic rings. The lowest BCUT2D eigenvalue weighted by molar-refractivity contribution is -0.136. The Kier molecular flexibility index (Phi) is 8.68. The van der Waals surface area contributed by atoms with Crippen molar-refractivity contribution in [3.8, 4) is 0 Å². The molecule has 0 saturated carbocycles. The van der Waals surface area contributed by atoms with Crippen LogP contribution in [0.3, 0.4) is 0 Å². The molecule has 0 aromatic carbocycles. The minimum Gasteiger partial charge on any atom is -0.481 e. The number of hydrogen-bond donors (Lipinski definition) is 3. The van der Waals surface area contributed by atoms with E-state index in [9.17, 15) is 4.79 Å². The highest BCUT2D eigenvalue weighted by atomic mass is 16.4. The van der Waals surface area contributed by atoms with Crippen LogP contribution in [0.2, 0.25) is 0 Å². The zero-order valence-electron chi connectivity index (χ0n) is 5.79. The quantitative estimate of drug-likeness (QED) is 0.359. The zero-order valence-corrected chi connectivity index (χ0v) is 5.79.